The summed E-state index contributed by atoms with van der Waals surface area (Å²) in [5.41, 5.74) is 0.820. The van der Waals surface area contributed by atoms with Crippen molar-refractivity contribution >= 4 is 21.6 Å². The molecule has 0 spiro atoms. The second kappa shape index (κ2) is 5.40. The van der Waals surface area contributed by atoms with Gasteiger partial charge in [-0.15, -0.1) is 0 Å². The summed E-state index contributed by atoms with van der Waals surface area (Å²) in [6, 6.07) is 0.581. The highest BCUT2D eigenvalue weighted by Gasteiger charge is 2.21. The van der Waals surface area contributed by atoms with E-state index in [-0.39, 0.29) is 5.56 Å². The number of nitrogens with zero attached hydrogens (tertiary/aromatic N) is 4. The maximum Gasteiger partial charge on any atom is 0.282 e. The molecule has 0 N–H and O–H groups in total. The Balaban J connectivity index is 2.15. The lowest BCUT2D eigenvalue weighted by molar-refractivity contribution is 0.209. The third-order valence-corrected chi connectivity index (χ3v) is 4.19. The van der Waals surface area contributed by atoms with Crippen LogP contribution in [0.5, 0.6) is 0 Å². The van der Waals surface area contributed by atoms with E-state index in [0.29, 0.717) is 10.5 Å². The second-order valence-corrected chi connectivity index (χ2v) is 5.68. The molecule has 1 aromatic rings. The zero-order valence-electron chi connectivity index (χ0n) is 11.1. The molecular formula is C12H19BrN4O. The first kappa shape index (κ1) is 13.5. The van der Waals surface area contributed by atoms with Crippen LogP contribution in [0.3, 0.4) is 0 Å². The first-order chi connectivity index (χ1) is 8.50. The van der Waals surface area contributed by atoms with Crippen molar-refractivity contribution in [2.45, 2.75) is 19.9 Å². The SMILES string of the molecule is CC(C)N1CCN(c2cnn(C)c(=O)c2Br)CC1. The Morgan fingerprint density at radius 3 is 2.44 bits per heavy atom. The second-order valence-electron chi connectivity index (χ2n) is 4.89. The van der Waals surface area contributed by atoms with Gasteiger partial charge in [-0.3, -0.25) is 9.69 Å². The van der Waals surface area contributed by atoms with Crippen LogP contribution in [0.2, 0.25) is 0 Å². The van der Waals surface area contributed by atoms with Gasteiger partial charge in [-0.2, -0.15) is 5.10 Å². The van der Waals surface area contributed by atoms with Gasteiger partial charge in [-0.25, -0.2) is 4.68 Å². The average Bonchev–Trinajstić information content (AvgIpc) is 2.36. The number of anilines is 1. The predicted octanol–water partition coefficient (Wildman–Crippen LogP) is 1.07. The Kier molecular flexibility index (Phi) is 4.07. The van der Waals surface area contributed by atoms with E-state index in [1.54, 1.807) is 13.2 Å². The minimum atomic E-state index is -0.0845. The smallest absolute Gasteiger partial charge is 0.282 e. The van der Waals surface area contributed by atoms with Gasteiger partial charge in [0.05, 0.1) is 11.9 Å². The van der Waals surface area contributed by atoms with Crippen LogP contribution in [0.1, 0.15) is 13.8 Å². The van der Waals surface area contributed by atoms with Crippen molar-refractivity contribution < 1.29 is 0 Å². The van der Waals surface area contributed by atoms with Gasteiger partial charge in [-0.1, -0.05) is 0 Å². The van der Waals surface area contributed by atoms with E-state index in [0.717, 1.165) is 31.9 Å². The monoisotopic (exact) mass is 314 g/mol. The highest BCUT2D eigenvalue weighted by Crippen LogP contribution is 2.22. The molecule has 6 heteroatoms. The number of rotatable bonds is 2. The number of hydrogen-bond acceptors (Lipinski definition) is 4. The van der Waals surface area contributed by atoms with Gasteiger partial charge in [0.15, 0.2) is 0 Å². The molecule has 0 amide bonds. The van der Waals surface area contributed by atoms with Crippen molar-refractivity contribution in [2.24, 2.45) is 7.05 Å². The summed E-state index contributed by atoms with van der Waals surface area (Å²) < 4.78 is 1.95. The molecule has 0 radical (unpaired) electrons. The van der Waals surface area contributed by atoms with E-state index >= 15 is 0 Å². The predicted molar refractivity (Wildman–Crippen MR) is 76.1 cm³/mol. The van der Waals surface area contributed by atoms with Crippen molar-refractivity contribution in [2.75, 3.05) is 31.1 Å². The molecule has 0 aliphatic carbocycles. The molecule has 1 aliphatic heterocycles. The summed E-state index contributed by atoms with van der Waals surface area (Å²) in [6.45, 7) is 8.35. The molecule has 0 unspecified atom stereocenters. The zero-order valence-corrected chi connectivity index (χ0v) is 12.6. The molecule has 1 aromatic heterocycles. The normalized spacial score (nSPS) is 17.5. The lowest BCUT2D eigenvalue weighted by Gasteiger charge is -2.38. The lowest BCUT2D eigenvalue weighted by atomic mass is 10.2. The fourth-order valence-corrected chi connectivity index (χ4v) is 2.81. The van der Waals surface area contributed by atoms with Crippen molar-refractivity contribution in [1.29, 1.82) is 0 Å². The van der Waals surface area contributed by atoms with Gasteiger partial charge >= 0.3 is 0 Å². The third-order valence-electron chi connectivity index (χ3n) is 3.45. The molecule has 0 bridgehead atoms. The Morgan fingerprint density at radius 2 is 1.89 bits per heavy atom. The van der Waals surface area contributed by atoms with E-state index in [1.165, 1.54) is 4.68 Å². The number of aromatic nitrogens is 2. The summed E-state index contributed by atoms with van der Waals surface area (Å²) in [7, 11) is 1.66. The van der Waals surface area contributed by atoms with Crippen LogP contribution in [0, 0.1) is 0 Å². The minimum absolute atomic E-state index is 0.0845. The summed E-state index contributed by atoms with van der Waals surface area (Å²) in [5.74, 6) is 0. The number of hydrogen-bond donors (Lipinski definition) is 0. The Hall–Kier alpha value is -0.880. The largest absolute Gasteiger partial charge is 0.367 e. The number of halogens is 1. The van der Waals surface area contributed by atoms with Crippen LogP contribution < -0.4 is 10.5 Å². The van der Waals surface area contributed by atoms with Crippen molar-refractivity contribution in [3.8, 4) is 0 Å². The van der Waals surface area contributed by atoms with Crippen molar-refractivity contribution in [3.05, 3.63) is 21.0 Å². The minimum Gasteiger partial charge on any atom is -0.367 e. The Morgan fingerprint density at radius 1 is 1.28 bits per heavy atom. The van der Waals surface area contributed by atoms with Gasteiger partial charge in [0.2, 0.25) is 0 Å². The summed E-state index contributed by atoms with van der Waals surface area (Å²) in [4.78, 5) is 16.5. The van der Waals surface area contributed by atoms with Crippen molar-refractivity contribution in [3.63, 3.8) is 0 Å². The van der Waals surface area contributed by atoms with Gasteiger partial charge < -0.3 is 4.90 Å². The molecule has 2 heterocycles. The Labute approximate surface area is 116 Å². The molecule has 1 fully saturated rings. The van der Waals surface area contributed by atoms with Crippen LogP contribution in [0.25, 0.3) is 0 Å². The summed E-state index contributed by atoms with van der Waals surface area (Å²) in [6.07, 6.45) is 1.76. The molecular weight excluding hydrogens is 296 g/mol. The molecule has 1 aliphatic rings. The van der Waals surface area contributed by atoms with Crippen LogP contribution in [0.15, 0.2) is 15.5 Å². The molecule has 18 heavy (non-hydrogen) atoms. The van der Waals surface area contributed by atoms with E-state index in [9.17, 15) is 4.79 Å². The van der Waals surface area contributed by atoms with E-state index in [2.05, 4.69) is 44.7 Å². The standard InChI is InChI=1S/C12H19BrN4O/c1-9(2)16-4-6-17(7-5-16)10-8-14-15(3)12(18)11(10)13/h8-9H,4-7H2,1-3H3. The summed E-state index contributed by atoms with van der Waals surface area (Å²) >= 11 is 3.38. The highest BCUT2D eigenvalue weighted by molar-refractivity contribution is 9.10. The first-order valence-corrected chi connectivity index (χ1v) is 7.01. The van der Waals surface area contributed by atoms with E-state index < -0.39 is 0 Å². The maximum absolute atomic E-state index is 11.8. The lowest BCUT2D eigenvalue weighted by Crippen LogP contribution is -2.49. The van der Waals surface area contributed by atoms with Crippen LogP contribution >= 0.6 is 15.9 Å². The van der Waals surface area contributed by atoms with Gasteiger partial charge in [0.1, 0.15) is 4.47 Å². The van der Waals surface area contributed by atoms with Gasteiger partial charge in [-0.05, 0) is 29.8 Å². The molecule has 100 valence electrons. The number of piperazine rings is 1. The quantitative estimate of drug-likeness (QED) is 0.819. The molecule has 1 saturated heterocycles. The van der Waals surface area contributed by atoms with Crippen LogP contribution in [0.4, 0.5) is 5.69 Å². The topological polar surface area (TPSA) is 41.4 Å². The van der Waals surface area contributed by atoms with Crippen molar-refractivity contribution in [1.82, 2.24) is 14.7 Å². The Bertz CT molecular complexity index is 477. The van der Waals surface area contributed by atoms with E-state index in [1.807, 2.05) is 0 Å². The highest BCUT2D eigenvalue weighted by atomic mass is 79.9. The molecule has 0 aromatic carbocycles. The molecule has 0 atom stereocenters. The fraction of sp³-hybridized carbons (Fsp3) is 0.667. The fourth-order valence-electron chi connectivity index (χ4n) is 2.20. The maximum atomic E-state index is 11.8. The third kappa shape index (κ3) is 2.59. The number of aryl methyl sites for hydroxylation is 1. The van der Waals surface area contributed by atoms with Gasteiger partial charge in [0.25, 0.3) is 5.56 Å². The molecule has 5 nitrogen and oxygen atoms in total. The average molecular weight is 315 g/mol. The summed E-state index contributed by atoms with van der Waals surface area (Å²) in [5, 5.41) is 4.09. The van der Waals surface area contributed by atoms with E-state index in [4.69, 9.17) is 0 Å². The van der Waals surface area contributed by atoms with Crippen LogP contribution in [-0.2, 0) is 7.05 Å². The van der Waals surface area contributed by atoms with Gasteiger partial charge in [0, 0.05) is 39.3 Å². The zero-order chi connectivity index (χ0) is 13.3. The first-order valence-electron chi connectivity index (χ1n) is 6.21. The molecule has 2 rings (SSSR count). The molecule has 0 saturated carbocycles. The van der Waals surface area contributed by atoms with Crippen LogP contribution in [-0.4, -0.2) is 46.9 Å².